The minimum absolute atomic E-state index is 0.253. The number of aromatic nitrogens is 2. The fourth-order valence-electron chi connectivity index (χ4n) is 4.34. The van der Waals surface area contributed by atoms with Gasteiger partial charge in [0.2, 0.25) is 5.95 Å². The summed E-state index contributed by atoms with van der Waals surface area (Å²) in [5.74, 6) is 1.72. The van der Waals surface area contributed by atoms with Crippen molar-refractivity contribution >= 4 is 5.95 Å². The first kappa shape index (κ1) is 18.1. The first-order chi connectivity index (χ1) is 12.9. The first-order valence-electron chi connectivity index (χ1n) is 10.2. The molecule has 0 amide bonds. The molecule has 4 rings (SSSR count). The Morgan fingerprint density at radius 1 is 0.962 bits per heavy atom. The van der Waals surface area contributed by atoms with Crippen LogP contribution in [0.15, 0.2) is 18.5 Å². The number of piperazine rings is 1. The molecule has 1 N–H and O–H groups in total. The Balaban J connectivity index is 1.20. The van der Waals surface area contributed by atoms with Gasteiger partial charge in [0.15, 0.2) is 0 Å². The molecule has 1 aromatic heterocycles. The van der Waals surface area contributed by atoms with Crippen molar-refractivity contribution in [3.8, 4) is 0 Å². The van der Waals surface area contributed by atoms with Gasteiger partial charge < -0.3 is 19.9 Å². The third-order valence-corrected chi connectivity index (χ3v) is 5.88. The summed E-state index contributed by atoms with van der Waals surface area (Å²) in [6.07, 6.45) is 6.56. The molecule has 144 valence electrons. The highest BCUT2D eigenvalue weighted by atomic mass is 16.5. The lowest BCUT2D eigenvalue weighted by Gasteiger charge is -2.40. The van der Waals surface area contributed by atoms with Crippen LogP contribution in [0.1, 0.15) is 12.8 Å². The van der Waals surface area contributed by atoms with E-state index in [1.165, 1.54) is 45.6 Å². The van der Waals surface area contributed by atoms with Crippen molar-refractivity contribution in [2.75, 3.05) is 77.0 Å². The third kappa shape index (κ3) is 4.91. The number of nitrogens with zero attached hydrogens (tertiary/aromatic N) is 5. The van der Waals surface area contributed by atoms with Crippen LogP contribution < -0.4 is 10.2 Å². The molecule has 7 heteroatoms. The molecule has 7 nitrogen and oxygen atoms in total. The molecule has 26 heavy (non-hydrogen) atoms. The molecule has 3 aliphatic heterocycles. The predicted octanol–water partition coefficient (Wildman–Crippen LogP) is 0.299. The van der Waals surface area contributed by atoms with E-state index >= 15 is 0 Å². The quantitative estimate of drug-likeness (QED) is 0.810. The highest BCUT2D eigenvalue weighted by Crippen LogP contribution is 2.16. The molecule has 0 aromatic carbocycles. The van der Waals surface area contributed by atoms with Crippen molar-refractivity contribution in [2.45, 2.75) is 18.9 Å². The Morgan fingerprint density at radius 2 is 1.65 bits per heavy atom. The van der Waals surface area contributed by atoms with E-state index in [0.717, 1.165) is 51.2 Å². The Kier molecular flexibility index (Phi) is 6.32. The average Bonchev–Trinajstić information content (AvgIpc) is 2.71. The number of anilines is 1. The number of hydrogen-bond acceptors (Lipinski definition) is 7. The second kappa shape index (κ2) is 9.08. The second-order valence-corrected chi connectivity index (χ2v) is 7.78. The summed E-state index contributed by atoms with van der Waals surface area (Å²) in [6, 6.07) is 1.87. The topological polar surface area (TPSA) is 56.8 Å². The highest BCUT2D eigenvalue weighted by molar-refractivity contribution is 5.29. The van der Waals surface area contributed by atoms with Crippen LogP contribution in [0, 0.1) is 5.92 Å². The van der Waals surface area contributed by atoms with E-state index in [9.17, 15) is 0 Å². The fourth-order valence-corrected chi connectivity index (χ4v) is 4.34. The largest absolute Gasteiger partial charge is 0.373 e. The van der Waals surface area contributed by atoms with E-state index < -0.39 is 0 Å². The Bertz CT molecular complexity index is 530. The van der Waals surface area contributed by atoms with E-state index in [4.69, 9.17) is 4.74 Å². The van der Waals surface area contributed by atoms with Gasteiger partial charge >= 0.3 is 0 Å². The Morgan fingerprint density at radius 3 is 2.38 bits per heavy atom. The molecular weight excluding hydrogens is 328 g/mol. The van der Waals surface area contributed by atoms with E-state index in [1.54, 1.807) is 0 Å². The highest BCUT2D eigenvalue weighted by Gasteiger charge is 2.27. The van der Waals surface area contributed by atoms with Crippen molar-refractivity contribution in [1.82, 2.24) is 25.1 Å². The fraction of sp³-hybridized carbons (Fsp3) is 0.789. The summed E-state index contributed by atoms with van der Waals surface area (Å²) in [4.78, 5) is 16.3. The van der Waals surface area contributed by atoms with Gasteiger partial charge in [-0.2, -0.15) is 0 Å². The standard InChI is InChI=1S/C19H32N6O/c1-4-21-19(22-5-1)25-12-13-26-18(16-25)15-24-10-8-23(9-11-24)14-17-2-6-20-7-3-17/h1,4-5,17-18,20H,2-3,6-16H2. The molecule has 1 atom stereocenters. The van der Waals surface area contributed by atoms with Gasteiger partial charge in [0, 0.05) is 64.8 Å². The van der Waals surface area contributed by atoms with Crippen molar-refractivity contribution < 1.29 is 4.74 Å². The molecule has 0 saturated carbocycles. The zero-order valence-electron chi connectivity index (χ0n) is 15.7. The molecular formula is C19H32N6O. The molecule has 1 aromatic rings. The molecule has 4 heterocycles. The maximum absolute atomic E-state index is 6.02. The first-order valence-corrected chi connectivity index (χ1v) is 10.2. The van der Waals surface area contributed by atoms with Gasteiger partial charge in [0.1, 0.15) is 0 Å². The van der Waals surface area contributed by atoms with Crippen molar-refractivity contribution in [2.24, 2.45) is 5.92 Å². The molecule has 1 unspecified atom stereocenters. The van der Waals surface area contributed by atoms with Crippen LogP contribution in [0.4, 0.5) is 5.95 Å². The lowest BCUT2D eigenvalue weighted by atomic mass is 9.97. The minimum Gasteiger partial charge on any atom is -0.373 e. The molecule has 0 spiro atoms. The van der Waals surface area contributed by atoms with Crippen LogP contribution >= 0.6 is 0 Å². The lowest BCUT2D eigenvalue weighted by Crippen LogP contribution is -2.53. The maximum Gasteiger partial charge on any atom is 0.225 e. The van der Waals surface area contributed by atoms with Crippen molar-refractivity contribution in [1.29, 1.82) is 0 Å². The van der Waals surface area contributed by atoms with Crippen LogP contribution in [0.25, 0.3) is 0 Å². The van der Waals surface area contributed by atoms with Gasteiger partial charge in [-0.05, 0) is 37.9 Å². The van der Waals surface area contributed by atoms with Crippen LogP contribution in [0.2, 0.25) is 0 Å². The van der Waals surface area contributed by atoms with Gasteiger partial charge in [-0.25, -0.2) is 9.97 Å². The number of hydrogen-bond donors (Lipinski definition) is 1. The zero-order chi connectivity index (χ0) is 17.6. The smallest absolute Gasteiger partial charge is 0.225 e. The van der Waals surface area contributed by atoms with Gasteiger partial charge in [-0.3, -0.25) is 4.90 Å². The van der Waals surface area contributed by atoms with Crippen LogP contribution in [0.3, 0.4) is 0 Å². The van der Waals surface area contributed by atoms with E-state index in [2.05, 4.69) is 30.0 Å². The van der Waals surface area contributed by atoms with Gasteiger partial charge in [-0.1, -0.05) is 0 Å². The number of morpholine rings is 1. The SMILES string of the molecule is c1cnc(N2CCOC(CN3CCN(CC4CCNCC4)CC3)C2)nc1. The van der Waals surface area contributed by atoms with E-state index in [1.807, 2.05) is 18.5 Å². The van der Waals surface area contributed by atoms with Gasteiger partial charge in [-0.15, -0.1) is 0 Å². The second-order valence-electron chi connectivity index (χ2n) is 7.78. The number of ether oxygens (including phenoxy) is 1. The normalized spacial score (nSPS) is 26.9. The monoisotopic (exact) mass is 360 g/mol. The summed E-state index contributed by atoms with van der Waals surface area (Å²) in [7, 11) is 0. The summed E-state index contributed by atoms with van der Waals surface area (Å²) in [5, 5.41) is 3.47. The molecule has 0 radical (unpaired) electrons. The summed E-state index contributed by atoms with van der Waals surface area (Å²) in [5.41, 5.74) is 0. The van der Waals surface area contributed by atoms with Crippen LogP contribution in [-0.4, -0.2) is 97.9 Å². The summed E-state index contributed by atoms with van der Waals surface area (Å²) < 4.78 is 6.02. The molecule has 0 aliphatic carbocycles. The van der Waals surface area contributed by atoms with Crippen molar-refractivity contribution in [3.63, 3.8) is 0 Å². The molecule has 3 saturated heterocycles. The number of piperidine rings is 1. The summed E-state index contributed by atoms with van der Waals surface area (Å²) in [6.45, 7) is 11.9. The third-order valence-electron chi connectivity index (χ3n) is 5.88. The van der Waals surface area contributed by atoms with Gasteiger partial charge in [0.25, 0.3) is 0 Å². The van der Waals surface area contributed by atoms with E-state index in [-0.39, 0.29) is 6.10 Å². The Hall–Kier alpha value is -1.28. The number of rotatable bonds is 5. The lowest BCUT2D eigenvalue weighted by molar-refractivity contribution is 0.00291. The zero-order valence-corrected chi connectivity index (χ0v) is 15.7. The Labute approximate surface area is 156 Å². The molecule has 0 bridgehead atoms. The van der Waals surface area contributed by atoms with E-state index in [0.29, 0.717) is 0 Å². The predicted molar refractivity (Wildman–Crippen MR) is 102 cm³/mol. The van der Waals surface area contributed by atoms with Crippen LogP contribution in [0.5, 0.6) is 0 Å². The summed E-state index contributed by atoms with van der Waals surface area (Å²) >= 11 is 0. The van der Waals surface area contributed by atoms with Crippen LogP contribution in [-0.2, 0) is 4.74 Å². The minimum atomic E-state index is 0.253. The average molecular weight is 361 g/mol. The maximum atomic E-state index is 6.02. The number of nitrogens with one attached hydrogen (secondary N) is 1. The molecule has 3 fully saturated rings. The van der Waals surface area contributed by atoms with Crippen molar-refractivity contribution in [3.05, 3.63) is 18.5 Å². The van der Waals surface area contributed by atoms with Gasteiger partial charge in [0.05, 0.1) is 12.7 Å². The molecule has 3 aliphatic rings.